The molecule has 2 N–H and O–H groups in total. The summed E-state index contributed by atoms with van der Waals surface area (Å²) in [5, 5.41) is 19.0. The molecule has 2 heterocycles. The van der Waals surface area contributed by atoms with Crippen LogP contribution in [0.4, 0.5) is 5.69 Å². The first-order valence-electron chi connectivity index (χ1n) is 8.17. The maximum atomic E-state index is 12.5. The predicted octanol–water partition coefficient (Wildman–Crippen LogP) is 0.575. The van der Waals surface area contributed by atoms with E-state index in [4.69, 9.17) is 9.84 Å². The van der Waals surface area contributed by atoms with Crippen molar-refractivity contribution in [3.05, 3.63) is 29.8 Å². The average molecular weight is 334 g/mol. The number of ether oxygens (including phenoxy) is 1. The van der Waals surface area contributed by atoms with Crippen molar-refractivity contribution in [2.75, 3.05) is 44.3 Å². The fraction of sp³-hybridized carbons (Fsp3) is 0.529. The van der Waals surface area contributed by atoms with Gasteiger partial charge in [-0.05, 0) is 24.3 Å². The third-order valence-electron chi connectivity index (χ3n) is 4.77. The predicted molar refractivity (Wildman–Crippen MR) is 87.2 cm³/mol. The van der Waals surface area contributed by atoms with E-state index in [1.165, 1.54) is 0 Å². The number of morpholine rings is 1. The number of carbonyl (C=O) groups excluding carboxylic acids is 1. The van der Waals surface area contributed by atoms with Crippen molar-refractivity contribution in [2.24, 2.45) is 0 Å². The van der Waals surface area contributed by atoms with Gasteiger partial charge in [-0.3, -0.25) is 4.79 Å². The van der Waals surface area contributed by atoms with Gasteiger partial charge in [0, 0.05) is 50.3 Å². The SMILES string of the molecule is O=C(c1ccc(N2CCOCC2)cc1)N1CCC(O)(C(=O)O)CC1. The largest absolute Gasteiger partial charge is 0.479 e. The molecule has 7 nitrogen and oxygen atoms in total. The summed E-state index contributed by atoms with van der Waals surface area (Å²) >= 11 is 0. The number of aliphatic hydroxyl groups is 1. The van der Waals surface area contributed by atoms with E-state index in [2.05, 4.69) is 4.90 Å². The molecule has 0 radical (unpaired) electrons. The van der Waals surface area contributed by atoms with Crippen LogP contribution in [0.3, 0.4) is 0 Å². The summed E-state index contributed by atoms with van der Waals surface area (Å²) in [6.45, 7) is 3.59. The van der Waals surface area contributed by atoms with E-state index in [1.807, 2.05) is 12.1 Å². The molecule has 0 atom stereocenters. The molecule has 0 spiro atoms. The number of piperidine rings is 1. The highest BCUT2D eigenvalue weighted by molar-refractivity contribution is 5.94. The number of carboxylic acid groups (broad SMARTS) is 1. The third-order valence-corrected chi connectivity index (χ3v) is 4.77. The highest BCUT2D eigenvalue weighted by Crippen LogP contribution is 2.24. The zero-order valence-corrected chi connectivity index (χ0v) is 13.5. The van der Waals surface area contributed by atoms with E-state index in [0.29, 0.717) is 18.8 Å². The Morgan fingerprint density at radius 3 is 2.12 bits per heavy atom. The molecule has 0 bridgehead atoms. The number of hydrogen-bond acceptors (Lipinski definition) is 5. The van der Waals surface area contributed by atoms with Crippen LogP contribution in [-0.4, -0.2) is 72.0 Å². The summed E-state index contributed by atoms with van der Waals surface area (Å²) < 4.78 is 5.33. The lowest BCUT2D eigenvalue weighted by Gasteiger charge is -2.35. The molecule has 24 heavy (non-hydrogen) atoms. The number of aliphatic carboxylic acids is 1. The van der Waals surface area contributed by atoms with Crippen LogP contribution < -0.4 is 4.90 Å². The maximum absolute atomic E-state index is 12.5. The zero-order chi connectivity index (χ0) is 17.2. The lowest BCUT2D eigenvalue weighted by Crippen LogP contribution is -2.50. The number of likely N-dealkylation sites (tertiary alicyclic amines) is 1. The highest BCUT2D eigenvalue weighted by atomic mass is 16.5. The summed E-state index contributed by atoms with van der Waals surface area (Å²) in [7, 11) is 0. The van der Waals surface area contributed by atoms with Crippen molar-refractivity contribution >= 4 is 17.6 Å². The van der Waals surface area contributed by atoms with Crippen molar-refractivity contribution in [1.29, 1.82) is 0 Å². The average Bonchev–Trinajstić information content (AvgIpc) is 2.62. The van der Waals surface area contributed by atoms with Crippen molar-refractivity contribution in [3.8, 4) is 0 Å². The molecule has 2 fully saturated rings. The number of hydrogen-bond donors (Lipinski definition) is 2. The molecule has 0 unspecified atom stereocenters. The topological polar surface area (TPSA) is 90.3 Å². The first-order valence-corrected chi connectivity index (χ1v) is 8.17. The fourth-order valence-corrected chi connectivity index (χ4v) is 3.11. The van der Waals surface area contributed by atoms with Crippen LogP contribution in [0.15, 0.2) is 24.3 Å². The first-order chi connectivity index (χ1) is 11.5. The van der Waals surface area contributed by atoms with Gasteiger partial charge in [-0.25, -0.2) is 4.79 Å². The second-order valence-corrected chi connectivity index (χ2v) is 6.28. The number of carbonyl (C=O) groups is 2. The van der Waals surface area contributed by atoms with Crippen LogP contribution in [-0.2, 0) is 9.53 Å². The summed E-state index contributed by atoms with van der Waals surface area (Å²) in [6.07, 6.45) is 0.111. The third kappa shape index (κ3) is 3.37. The first kappa shape index (κ1) is 16.7. The number of anilines is 1. The van der Waals surface area contributed by atoms with Gasteiger partial charge in [-0.2, -0.15) is 0 Å². The van der Waals surface area contributed by atoms with Gasteiger partial charge in [0.1, 0.15) is 0 Å². The molecule has 1 amide bonds. The van der Waals surface area contributed by atoms with E-state index in [0.717, 1.165) is 18.8 Å². The number of nitrogens with zero attached hydrogens (tertiary/aromatic N) is 2. The van der Waals surface area contributed by atoms with E-state index < -0.39 is 11.6 Å². The van der Waals surface area contributed by atoms with Gasteiger partial charge in [0.2, 0.25) is 0 Å². The summed E-state index contributed by atoms with van der Waals surface area (Å²) in [6, 6.07) is 7.45. The summed E-state index contributed by atoms with van der Waals surface area (Å²) in [5.74, 6) is -1.35. The molecule has 0 aliphatic carbocycles. The smallest absolute Gasteiger partial charge is 0.335 e. The van der Waals surface area contributed by atoms with Gasteiger partial charge in [0.15, 0.2) is 5.60 Å². The molecule has 1 aromatic rings. The number of amides is 1. The van der Waals surface area contributed by atoms with Gasteiger partial charge in [0.25, 0.3) is 5.91 Å². The molecule has 2 aliphatic rings. The van der Waals surface area contributed by atoms with Crippen LogP contribution in [0.25, 0.3) is 0 Å². The van der Waals surface area contributed by atoms with Gasteiger partial charge in [0.05, 0.1) is 13.2 Å². The zero-order valence-electron chi connectivity index (χ0n) is 13.5. The Balaban J connectivity index is 1.62. The quantitative estimate of drug-likeness (QED) is 0.840. The van der Waals surface area contributed by atoms with Crippen LogP contribution in [0.2, 0.25) is 0 Å². The number of rotatable bonds is 3. The fourth-order valence-electron chi connectivity index (χ4n) is 3.11. The molecule has 7 heteroatoms. The lowest BCUT2D eigenvalue weighted by molar-refractivity contribution is -0.162. The van der Waals surface area contributed by atoms with Crippen LogP contribution in [0.5, 0.6) is 0 Å². The van der Waals surface area contributed by atoms with E-state index in [-0.39, 0.29) is 31.8 Å². The van der Waals surface area contributed by atoms with Crippen molar-refractivity contribution in [3.63, 3.8) is 0 Å². The number of carboxylic acids is 1. The van der Waals surface area contributed by atoms with Gasteiger partial charge < -0.3 is 24.7 Å². The molecule has 1 aromatic carbocycles. The maximum Gasteiger partial charge on any atom is 0.335 e. The molecular formula is C17H22N2O5. The Morgan fingerprint density at radius 2 is 1.58 bits per heavy atom. The lowest BCUT2D eigenvalue weighted by atomic mass is 9.91. The molecule has 2 aliphatic heterocycles. The second kappa shape index (κ2) is 6.78. The monoisotopic (exact) mass is 334 g/mol. The van der Waals surface area contributed by atoms with Crippen LogP contribution in [0, 0.1) is 0 Å². The normalized spacial score (nSPS) is 20.7. The Kier molecular flexibility index (Phi) is 4.73. The van der Waals surface area contributed by atoms with Crippen molar-refractivity contribution in [1.82, 2.24) is 4.90 Å². The summed E-state index contributed by atoms with van der Waals surface area (Å²) in [4.78, 5) is 27.4. The van der Waals surface area contributed by atoms with E-state index in [1.54, 1.807) is 17.0 Å². The van der Waals surface area contributed by atoms with Crippen molar-refractivity contribution < 1.29 is 24.5 Å². The van der Waals surface area contributed by atoms with Crippen LogP contribution in [0.1, 0.15) is 23.2 Å². The molecular weight excluding hydrogens is 312 g/mol. The van der Waals surface area contributed by atoms with E-state index in [9.17, 15) is 14.7 Å². The van der Waals surface area contributed by atoms with E-state index >= 15 is 0 Å². The Morgan fingerprint density at radius 1 is 1.00 bits per heavy atom. The highest BCUT2D eigenvalue weighted by Gasteiger charge is 2.40. The Hall–Kier alpha value is -2.12. The van der Waals surface area contributed by atoms with Gasteiger partial charge in [-0.1, -0.05) is 0 Å². The second-order valence-electron chi connectivity index (χ2n) is 6.28. The molecule has 130 valence electrons. The van der Waals surface area contributed by atoms with Gasteiger partial charge in [-0.15, -0.1) is 0 Å². The molecule has 3 rings (SSSR count). The minimum atomic E-state index is -1.71. The van der Waals surface area contributed by atoms with Crippen LogP contribution >= 0.6 is 0 Å². The minimum absolute atomic E-state index is 0.0555. The Labute approximate surface area is 140 Å². The van der Waals surface area contributed by atoms with Crippen molar-refractivity contribution in [2.45, 2.75) is 18.4 Å². The number of benzene rings is 1. The molecule has 0 aromatic heterocycles. The minimum Gasteiger partial charge on any atom is -0.479 e. The molecule has 2 saturated heterocycles. The molecule has 0 saturated carbocycles. The standard InChI is InChI=1S/C17H22N2O5/c20-15(19-7-5-17(23,6-8-19)16(21)22)13-1-3-14(4-2-13)18-9-11-24-12-10-18/h1-4,23H,5-12H2,(H,21,22). The summed E-state index contributed by atoms with van der Waals surface area (Å²) in [5.41, 5.74) is -0.0710. The van der Waals surface area contributed by atoms with Gasteiger partial charge >= 0.3 is 5.97 Å². The Bertz CT molecular complexity index is 602.